The van der Waals surface area contributed by atoms with Gasteiger partial charge in [0, 0.05) is 6.21 Å². The first-order chi connectivity index (χ1) is 35.0. The summed E-state index contributed by atoms with van der Waals surface area (Å²) in [6.07, 6.45) is 8.68. The Morgan fingerprint density at radius 3 is 1.05 bits per heavy atom. The summed E-state index contributed by atoms with van der Waals surface area (Å²) in [6, 6.07) is 30.1. The first-order valence-corrected chi connectivity index (χ1v) is 24.8. The van der Waals surface area contributed by atoms with Crippen LogP contribution in [0.5, 0.6) is 0 Å². The molecule has 1 fully saturated rings. The number of para-hydroxylation sites is 1. The van der Waals surface area contributed by atoms with E-state index in [1.54, 1.807) is 6.20 Å². The Kier molecular flexibility index (Phi) is 22.6. The number of nitrogens with zero attached hydrogens (tertiary/aromatic N) is 2. The number of hydrogen-bond acceptors (Lipinski definition) is 1. The molecular formula is C56H42AlF15N2Zr. The maximum Gasteiger partial charge on any atom is 4.00 e. The predicted molar refractivity (Wildman–Crippen MR) is 256 cm³/mol. The number of aromatic nitrogens is 1. The van der Waals surface area contributed by atoms with Crippen LogP contribution in [0.4, 0.5) is 71.5 Å². The van der Waals surface area contributed by atoms with E-state index < -0.39 is 125 Å². The fourth-order valence-electron chi connectivity index (χ4n) is 8.01. The molecule has 0 bridgehead atoms. The van der Waals surface area contributed by atoms with Crippen molar-refractivity contribution in [1.82, 2.24) is 4.98 Å². The van der Waals surface area contributed by atoms with Gasteiger partial charge in [0.05, 0.1) is 5.69 Å². The van der Waals surface area contributed by atoms with Crippen molar-refractivity contribution in [2.24, 2.45) is 4.99 Å². The molecule has 1 aromatic heterocycles. The van der Waals surface area contributed by atoms with Crippen molar-refractivity contribution in [2.45, 2.75) is 44.8 Å². The van der Waals surface area contributed by atoms with Gasteiger partial charge in [0.2, 0.25) is 0 Å². The van der Waals surface area contributed by atoms with E-state index in [9.17, 15) is 39.5 Å². The molecule has 1 aliphatic rings. The van der Waals surface area contributed by atoms with Gasteiger partial charge in [-0.2, -0.15) is 60.7 Å². The molecule has 0 atom stereocenters. The van der Waals surface area contributed by atoms with E-state index in [0.29, 0.717) is 11.8 Å². The standard InChI is InChI=1S/C17H21N2.3C7H7.3C6F5.Al.Zr/c1-12(2)15-8-5-9-16(13(3)4)17(15)19-11-14-7-6-10-18-14;3*1-7-5-3-2-4-6-7;3*7-2-1-3(8)5(10)6(11)4(2)9;;/h5-13H,1-4H3;3*2-6H,1H2;;;;;/q-1;;2*-1;;;;-1;+4. The summed E-state index contributed by atoms with van der Waals surface area (Å²) < 4.78 is 213. The second-order valence-electron chi connectivity index (χ2n) is 17.1. The molecule has 19 heteroatoms. The molecule has 75 heavy (non-hydrogen) atoms. The molecule has 0 amide bonds. The molecule has 0 N–H and O–H groups in total. The van der Waals surface area contributed by atoms with Crippen molar-refractivity contribution in [3.05, 3.63) is 264 Å². The van der Waals surface area contributed by atoms with E-state index in [0.717, 1.165) is 48.2 Å². The summed E-state index contributed by atoms with van der Waals surface area (Å²) in [5.41, 5.74) is 6.76. The van der Waals surface area contributed by atoms with Gasteiger partial charge in [0.25, 0.3) is 13.1 Å². The molecule has 0 aliphatic heterocycles. The molecule has 6 radical (unpaired) electrons. The van der Waals surface area contributed by atoms with Gasteiger partial charge < -0.3 is 4.98 Å². The van der Waals surface area contributed by atoms with Crippen LogP contribution in [0, 0.1) is 139 Å². The number of benzene rings is 6. The molecular weight excluding hydrogens is 1100 g/mol. The second kappa shape index (κ2) is 27.4. The van der Waals surface area contributed by atoms with Crippen LogP contribution in [0.2, 0.25) is 5.28 Å². The average molecular weight is 1150 g/mol. The minimum Gasteiger partial charge on any atom is -0.663 e. The van der Waals surface area contributed by atoms with Crippen molar-refractivity contribution >= 4 is 38.3 Å². The van der Waals surface area contributed by atoms with Crippen LogP contribution >= 0.6 is 0 Å². The quantitative estimate of drug-likeness (QED) is 0.0353. The van der Waals surface area contributed by atoms with Gasteiger partial charge >= 0.3 is 26.2 Å². The molecule has 1 aliphatic carbocycles. The number of rotatable bonds is 9. The Balaban J connectivity index is 0.000000290. The molecule has 1 heterocycles. The topological polar surface area (TPSA) is 26.5 Å². The van der Waals surface area contributed by atoms with Crippen molar-refractivity contribution < 1.29 is 92.1 Å². The Labute approximate surface area is 447 Å². The number of halogens is 15. The molecule has 0 spiro atoms. The van der Waals surface area contributed by atoms with Crippen molar-refractivity contribution in [3.8, 4) is 0 Å². The zero-order chi connectivity index (χ0) is 54.8. The van der Waals surface area contributed by atoms with Gasteiger partial charge in [-0.05, 0) is 55.1 Å². The summed E-state index contributed by atoms with van der Waals surface area (Å²) in [7, 11) is 0. The van der Waals surface area contributed by atoms with Crippen molar-refractivity contribution in [3.63, 3.8) is 0 Å². The van der Waals surface area contributed by atoms with Crippen molar-refractivity contribution in [1.29, 1.82) is 0 Å². The molecule has 2 nitrogen and oxygen atoms in total. The number of hydrogen-bond donors (Lipinski definition) is 0. The average Bonchev–Trinajstić information content (AvgIpc) is 3.92. The largest absolute Gasteiger partial charge is 4.00 e. The second-order valence-corrected chi connectivity index (χ2v) is 21.3. The fourth-order valence-corrected chi connectivity index (χ4v) is 13.8. The summed E-state index contributed by atoms with van der Waals surface area (Å²) in [5, 5.41) is -1.72. The van der Waals surface area contributed by atoms with Crippen LogP contribution < -0.4 is 18.3 Å². The first kappa shape index (κ1) is 61.9. The van der Waals surface area contributed by atoms with E-state index >= 15 is 26.3 Å². The van der Waals surface area contributed by atoms with E-state index in [1.807, 2.05) is 79.0 Å². The molecule has 0 unspecified atom stereocenters. The van der Waals surface area contributed by atoms with Crippen LogP contribution in [0.1, 0.15) is 67.5 Å². The normalized spacial score (nSPS) is 12.7. The van der Waals surface area contributed by atoms with Gasteiger partial charge in [0.15, 0.2) is 52.4 Å². The number of aliphatic imine (C=N–C) groups is 1. The van der Waals surface area contributed by atoms with Crippen LogP contribution in [0.15, 0.2) is 102 Å². The maximum atomic E-state index is 15.4. The summed E-state index contributed by atoms with van der Waals surface area (Å²) in [6.45, 7) is 16.3. The fraction of sp³-hybridized carbons (Fsp3) is 0.125. The van der Waals surface area contributed by atoms with Gasteiger partial charge in [-0.1, -0.05) is 76.1 Å². The zero-order valence-electron chi connectivity index (χ0n) is 40.1. The van der Waals surface area contributed by atoms with Gasteiger partial charge in [-0.25, -0.2) is 65.9 Å². The summed E-state index contributed by atoms with van der Waals surface area (Å²) >= 11 is -7.35. The van der Waals surface area contributed by atoms with Crippen LogP contribution in [-0.2, 0) is 26.2 Å². The van der Waals surface area contributed by atoms with E-state index in [1.165, 1.54) is 17.5 Å². The minimum atomic E-state index is -7.35. The smallest absolute Gasteiger partial charge is 0.663 e. The minimum absolute atomic E-state index is 0. The monoisotopic (exact) mass is 1140 g/mol. The Hall–Kier alpha value is -5.62. The third kappa shape index (κ3) is 13.9. The summed E-state index contributed by atoms with van der Waals surface area (Å²) in [4.78, 5) is 8.93. The van der Waals surface area contributed by atoms with E-state index in [2.05, 4.69) is 64.7 Å². The Morgan fingerprint density at radius 2 is 0.773 bits per heavy atom. The van der Waals surface area contributed by atoms with E-state index in [4.69, 9.17) is 4.99 Å². The molecule has 388 valence electrons. The third-order valence-electron chi connectivity index (χ3n) is 11.5. The third-order valence-corrected chi connectivity index (χ3v) is 17.1. The molecule has 1 saturated carbocycles. The summed E-state index contributed by atoms with van der Waals surface area (Å²) in [5.74, 6) is -44.3. The van der Waals surface area contributed by atoms with E-state index in [-0.39, 0.29) is 26.2 Å². The molecule has 7 aromatic rings. The molecule has 8 rings (SSSR count). The Bertz CT molecular complexity index is 2740. The van der Waals surface area contributed by atoms with Crippen molar-refractivity contribution in [2.75, 3.05) is 0 Å². The van der Waals surface area contributed by atoms with Crippen LogP contribution in [0.3, 0.4) is 0 Å². The Morgan fingerprint density at radius 1 is 0.440 bits per heavy atom. The first-order valence-electron chi connectivity index (χ1n) is 22.2. The van der Waals surface area contributed by atoms with Gasteiger partial charge in [-0.15, -0.1) is 43.2 Å². The predicted octanol–water partition coefficient (Wildman–Crippen LogP) is 14.2. The van der Waals surface area contributed by atoms with Gasteiger partial charge in [0.1, 0.15) is 34.9 Å². The van der Waals surface area contributed by atoms with Gasteiger partial charge in [-0.3, -0.25) is 4.99 Å². The maximum absolute atomic E-state index is 15.4. The molecule has 0 saturated heterocycles. The van der Waals surface area contributed by atoms with Crippen LogP contribution in [0.25, 0.3) is 0 Å². The molecule has 6 aromatic carbocycles. The SMILES string of the molecule is CC(C)c1cccc(C(C)C)c1N=Cc1ccc[n-]1.Fc1c(F)c(F)[c]([Al-]([CH2][C]2[CH][CH][CH][CH][CH]2)([c]2c(F)c(F)c(F)c(F)c2F)[c]2c(F)c(F)c(F)c(F)c2F)c(F)c1F.[CH2-]c1ccccc1.[CH2-]c1ccccc1.[Zr+4]. The zero-order valence-corrected chi connectivity index (χ0v) is 43.7. The van der Waals surface area contributed by atoms with Crippen LogP contribution in [-0.4, -0.2) is 19.3 Å².